The maximum atomic E-state index is 7.39. The van der Waals surface area contributed by atoms with Gasteiger partial charge in [-0.1, -0.05) is 100.0 Å². The third kappa shape index (κ3) is 6.10. The molecular weight excluding hydrogens is 537 g/mol. The fraction of sp³-hybridized carbons (Fsp3) is 0.902. The molecule has 4 saturated carbocycles. The Balaban J connectivity index is 1.25. The van der Waals surface area contributed by atoms with E-state index in [0.717, 1.165) is 47.3 Å². The first-order valence-corrected chi connectivity index (χ1v) is 21.4. The van der Waals surface area contributed by atoms with Gasteiger partial charge < -0.3 is 4.43 Å². The molecule has 2 heteroatoms. The number of hydrogen-bond donors (Lipinski definition) is 0. The van der Waals surface area contributed by atoms with Crippen molar-refractivity contribution < 1.29 is 4.43 Å². The fourth-order valence-electron chi connectivity index (χ4n) is 12.8. The Morgan fingerprint density at radius 1 is 0.767 bits per heavy atom. The molecule has 0 heterocycles. The van der Waals surface area contributed by atoms with Crippen LogP contribution in [0.4, 0.5) is 0 Å². The van der Waals surface area contributed by atoms with Crippen LogP contribution in [0.3, 0.4) is 0 Å². The van der Waals surface area contributed by atoms with Gasteiger partial charge in [-0.05, 0) is 152 Å². The highest BCUT2D eigenvalue weighted by molar-refractivity contribution is 6.77. The van der Waals surface area contributed by atoms with Crippen molar-refractivity contribution in [1.29, 1.82) is 0 Å². The molecule has 0 spiro atoms. The minimum absolute atomic E-state index is 0.417. The number of hydrogen-bond acceptors (Lipinski definition) is 1. The van der Waals surface area contributed by atoms with Gasteiger partial charge in [0.25, 0.3) is 0 Å². The van der Waals surface area contributed by atoms with E-state index in [0.29, 0.717) is 33.6 Å². The maximum absolute atomic E-state index is 7.39. The largest absolute Gasteiger partial charge is 0.413 e. The monoisotopic (exact) mass is 609 g/mol. The van der Waals surface area contributed by atoms with Crippen LogP contribution in [0.2, 0.25) is 16.6 Å². The molecule has 0 unspecified atom stereocenters. The quantitative estimate of drug-likeness (QED) is 0.187. The maximum Gasteiger partial charge on any atom is 0.200 e. The van der Waals surface area contributed by atoms with Crippen LogP contribution in [-0.4, -0.2) is 14.4 Å². The van der Waals surface area contributed by atoms with Crippen LogP contribution < -0.4 is 0 Å². The molecule has 4 fully saturated rings. The van der Waals surface area contributed by atoms with Crippen molar-refractivity contribution >= 4 is 8.32 Å². The highest BCUT2D eigenvalue weighted by Gasteiger charge is 2.59. The van der Waals surface area contributed by atoms with E-state index >= 15 is 0 Å². The second kappa shape index (κ2) is 13.0. The Bertz CT molecular complexity index is 975. The van der Waals surface area contributed by atoms with Crippen LogP contribution in [0.1, 0.15) is 153 Å². The third-order valence-electron chi connectivity index (χ3n) is 15.3. The summed E-state index contributed by atoms with van der Waals surface area (Å²) >= 11 is 0. The van der Waals surface area contributed by atoms with Crippen molar-refractivity contribution in [2.24, 2.45) is 58.2 Å². The second-order valence-electron chi connectivity index (χ2n) is 18.5. The van der Waals surface area contributed by atoms with E-state index in [4.69, 9.17) is 4.43 Å². The van der Waals surface area contributed by atoms with E-state index in [9.17, 15) is 0 Å². The van der Waals surface area contributed by atoms with Gasteiger partial charge in [0.05, 0.1) is 0 Å². The molecule has 0 amide bonds. The van der Waals surface area contributed by atoms with Gasteiger partial charge in [-0.15, -0.1) is 0 Å². The van der Waals surface area contributed by atoms with Crippen molar-refractivity contribution in [3.05, 3.63) is 23.8 Å². The van der Waals surface area contributed by atoms with Crippen LogP contribution in [-0.2, 0) is 4.43 Å². The molecule has 5 rings (SSSR count). The molecule has 8 atom stereocenters. The third-order valence-corrected chi connectivity index (χ3v) is 21.4. The standard InChI is InChI=1S/C41H72OSi/c1-27(2)33-16-14-32(15-17-33)13-12-31(9)37-20-21-38-36-19-18-34-26-35(42-43(28(3)4,29(5)6)30(7)8)22-24-40(34,10)39(36)23-25-41(37,38)11/h12-13,18,27-33,35-39H,14-17,19-26H2,1-11H3/b13-12+/t31-,32?,33?,35+,36+,37-,38+,39+,40+,41-/m1/s1. The second-order valence-corrected chi connectivity index (χ2v) is 23.9. The molecular formula is C41H72OSi. The molecule has 0 aliphatic heterocycles. The first-order valence-electron chi connectivity index (χ1n) is 19.3. The van der Waals surface area contributed by atoms with Gasteiger partial charge in [0.1, 0.15) is 0 Å². The Hall–Kier alpha value is -0.343. The van der Waals surface area contributed by atoms with Gasteiger partial charge in [0.2, 0.25) is 8.32 Å². The Morgan fingerprint density at radius 2 is 1.42 bits per heavy atom. The number of rotatable bonds is 9. The summed E-state index contributed by atoms with van der Waals surface area (Å²) in [5, 5.41) is 0. The fourth-order valence-corrected chi connectivity index (χ4v) is 18.4. The number of fused-ring (bicyclic) bond motifs is 5. The predicted molar refractivity (Wildman–Crippen MR) is 190 cm³/mol. The van der Waals surface area contributed by atoms with Gasteiger partial charge >= 0.3 is 0 Å². The van der Waals surface area contributed by atoms with Crippen molar-refractivity contribution in [3.63, 3.8) is 0 Å². The minimum atomic E-state index is -1.84. The zero-order chi connectivity index (χ0) is 31.3. The van der Waals surface area contributed by atoms with Crippen LogP contribution >= 0.6 is 0 Å². The minimum Gasteiger partial charge on any atom is -0.413 e. The SMILES string of the molecule is CC(C)C1CCC(/C=C/[C@@H](C)[C@H]2CC[C@H]3[C@@H]4CC=C5C[C@@H](O[Si](C(C)C)(C(C)C)C(C)C)CC[C@]5(C)[C@H]4CC[C@]23C)CC1. The van der Waals surface area contributed by atoms with Gasteiger partial charge in [0.15, 0.2) is 0 Å². The molecule has 0 aromatic rings. The first kappa shape index (κ1) is 34.0. The normalized spacial score (nSPS) is 41.1. The van der Waals surface area contributed by atoms with E-state index in [2.05, 4.69) is 94.4 Å². The van der Waals surface area contributed by atoms with Crippen LogP contribution in [0.25, 0.3) is 0 Å². The highest BCUT2D eigenvalue weighted by Crippen LogP contribution is 2.67. The Kier molecular flexibility index (Phi) is 10.3. The summed E-state index contributed by atoms with van der Waals surface area (Å²) in [6.07, 6.45) is 25.4. The lowest BCUT2D eigenvalue weighted by Crippen LogP contribution is -2.53. The average Bonchev–Trinajstić information content (AvgIpc) is 3.31. The average molecular weight is 609 g/mol. The molecule has 0 N–H and O–H groups in total. The lowest BCUT2D eigenvalue weighted by Gasteiger charge is -2.59. The molecule has 246 valence electrons. The van der Waals surface area contributed by atoms with E-state index in [1.165, 1.54) is 77.0 Å². The smallest absolute Gasteiger partial charge is 0.200 e. The van der Waals surface area contributed by atoms with E-state index in [-0.39, 0.29) is 0 Å². The lowest BCUT2D eigenvalue weighted by atomic mass is 9.47. The molecule has 0 radical (unpaired) electrons. The van der Waals surface area contributed by atoms with Gasteiger partial charge in [-0.3, -0.25) is 0 Å². The van der Waals surface area contributed by atoms with Crippen molar-refractivity contribution in [1.82, 2.24) is 0 Å². The van der Waals surface area contributed by atoms with Gasteiger partial charge in [0, 0.05) is 6.10 Å². The summed E-state index contributed by atoms with van der Waals surface area (Å²) in [5.41, 5.74) is 4.78. The summed E-state index contributed by atoms with van der Waals surface area (Å²) in [7, 11) is -1.84. The molecule has 5 aliphatic carbocycles. The molecule has 1 nitrogen and oxygen atoms in total. The van der Waals surface area contributed by atoms with E-state index in [1.54, 1.807) is 5.57 Å². The van der Waals surface area contributed by atoms with E-state index < -0.39 is 8.32 Å². The summed E-state index contributed by atoms with van der Waals surface area (Å²) in [6, 6.07) is 0. The van der Waals surface area contributed by atoms with Crippen molar-refractivity contribution in [2.75, 3.05) is 0 Å². The van der Waals surface area contributed by atoms with Crippen LogP contribution in [0.5, 0.6) is 0 Å². The summed E-state index contributed by atoms with van der Waals surface area (Å²) in [5.74, 6) is 7.03. The Labute approximate surface area is 270 Å². The zero-order valence-electron chi connectivity index (χ0n) is 30.6. The molecule has 0 bridgehead atoms. The van der Waals surface area contributed by atoms with E-state index in [1.807, 2.05) is 0 Å². The van der Waals surface area contributed by atoms with Crippen molar-refractivity contribution in [3.8, 4) is 0 Å². The summed E-state index contributed by atoms with van der Waals surface area (Å²) in [4.78, 5) is 0. The lowest BCUT2D eigenvalue weighted by molar-refractivity contribution is -0.0534. The highest BCUT2D eigenvalue weighted by atomic mass is 28.4. The predicted octanol–water partition coefficient (Wildman–Crippen LogP) is 12.8. The summed E-state index contributed by atoms with van der Waals surface area (Å²) < 4.78 is 7.39. The van der Waals surface area contributed by atoms with Crippen LogP contribution in [0, 0.1) is 58.2 Å². The summed E-state index contributed by atoms with van der Waals surface area (Å²) in [6.45, 7) is 27.6. The van der Waals surface area contributed by atoms with Gasteiger partial charge in [-0.2, -0.15) is 0 Å². The van der Waals surface area contributed by atoms with Gasteiger partial charge in [-0.25, -0.2) is 0 Å². The molecule has 0 saturated heterocycles. The number of allylic oxidation sites excluding steroid dienone is 3. The first-order chi connectivity index (χ1) is 20.2. The van der Waals surface area contributed by atoms with Crippen molar-refractivity contribution in [2.45, 2.75) is 176 Å². The molecule has 5 aliphatic rings. The molecule has 0 aromatic carbocycles. The Morgan fingerprint density at radius 3 is 2.02 bits per heavy atom. The van der Waals surface area contributed by atoms with Crippen LogP contribution in [0.15, 0.2) is 23.8 Å². The zero-order valence-corrected chi connectivity index (χ0v) is 31.6. The molecule has 43 heavy (non-hydrogen) atoms. The molecule has 0 aromatic heterocycles. The topological polar surface area (TPSA) is 9.23 Å².